The highest BCUT2D eigenvalue weighted by molar-refractivity contribution is 5.88. The van der Waals surface area contributed by atoms with Crippen molar-refractivity contribution < 1.29 is 24.1 Å². The first-order valence-corrected chi connectivity index (χ1v) is 14.0. The van der Waals surface area contributed by atoms with Gasteiger partial charge in [0.15, 0.2) is 11.5 Å². The minimum atomic E-state index is -0.637. The topological polar surface area (TPSA) is 85.3 Å². The van der Waals surface area contributed by atoms with Crippen molar-refractivity contribution in [2.75, 3.05) is 51.9 Å². The number of β-amino-alcohol motifs (C(OH)–C–C–N with tert-alkyl or cyclic N) is 1. The van der Waals surface area contributed by atoms with E-state index in [0.717, 1.165) is 35.4 Å². The summed E-state index contributed by atoms with van der Waals surface area (Å²) in [6, 6.07) is 21.9. The van der Waals surface area contributed by atoms with Crippen molar-refractivity contribution in [1.29, 1.82) is 0 Å². The van der Waals surface area contributed by atoms with E-state index in [-0.39, 0.29) is 12.0 Å². The predicted octanol–water partition coefficient (Wildman–Crippen LogP) is 6.15. The van der Waals surface area contributed by atoms with Crippen LogP contribution in [0.3, 0.4) is 0 Å². The highest BCUT2D eigenvalue weighted by Crippen LogP contribution is 2.37. The van der Waals surface area contributed by atoms with Crippen molar-refractivity contribution in [2.45, 2.75) is 32.3 Å². The molecule has 3 aromatic carbocycles. The number of ether oxygens (including phenoxy) is 4. The number of hydrogen-bond acceptors (Lipinski definition) is 8. The summed E-state index contributed by atoms with van der Waals surface area (Å²) in [7, 11) is 1.59. The maximum absolute atomic E-state index is 10.6. The minimum absolute atomic E-state index is 0.122. The van der Waals surface area contributed by atoms with E-state index in [1.807, 2.05) is 42.5 Å². The quantitative estimate of drug-likeness (QED) is 0.240. The second-order valence-electron chi connectivity index (χ2n) is 11.3. The lowest BCUT2D eigenvalue weighted by Gasteiger charge is -2.28. The molecule has 1 aliphatic rings. The Balaban J connectivity index is 1.27. The standard InChI is InChI=1S/C33H39N3O5/c1-33(2,3)23-5-7-24(8-6-23)35-25-9-11-27(12-10-25)41-30-13-14-34-29-20-31(38-4)32(19-28(29)30)40-22-26(37)21-36-15-17-39-18-16-36/h5-14,19-20,26,35,37H,15-18,21-22H2,1-4H3. The monoisotopic (exact) mass is 557 g/mol. The smallest absolute Gasteiger partial charge is 0.162 e. The molecule has 2 N–H and O–H groups in total. The summed E-state index contributed by atoms with van der Waals surface area (Å²) in [6.45, 7) is 10.3. The van der Waals surface area contributed by atoms with Crippen LogP contribution in [0.1, 0.15) is 26.3 Å². The molecule has 0 aliphatic carbocycles. The molecule has 41 heavy (non-hydrogen) atoms. The van der Waals surface area contributed by atoms with E-state index in [0.29, 0.717) is 42.8 Å². The van der Waals surface area contributed by atoms with Crippen LogP contribution in [0.25, 0.3) is 10.9 Å². The average molecular weight is 558 g/mol. The van der Waals surface area contributed by atoms with E-state index in [4.69, 9.17) is 18.9 Å². The third kappa shape index (κ3) is 7.47. The maximum Gasteiger partial charge on any atom is 0.162 e. The summed E-state index contributed by atoms with van der Waals surface area (Å²) < 4.78 is 23.2. The van der Waals surface area contributed by atoms with Crippen LogP contribution < -0.4 is 19.5 Å². The number of benzene rings is 3. The van der Waals surface area contributed by atoms with Crippen molar-refractivity contribution in [3.05, 3.63) is 78.5 Å². The number of aliphatic hydroxyl groups excluding tert-OH is 1. The second kappa shape index (κ2) is 12.8. The van der Waals surface area contributed by atoms with Crippen LogP contribution in [-0.2, 0) is 10.2 Å². The number of methoxy groups -OCH3 is 1. The Morgan fingerprint density at radius 3 is 2.27 bits per heavy atom. The lowest BCUT2D eigenvalue weighted by Crippen LogP contribution is -2.42. The van der Waals surface area contributed by atoms with E-state index in [9.17, 15) is 5.11 Å². The molecule has 0 spiro atoms. The van der Waals surface area contributed by atoms with Crippen LogP contribution in [0.4, 0.5) is 11.4 Å². The molecule has 4 aromatic rings. The first-order chi connectivity index (χ1) is 19.8. The molecule has 8 nitrogen and oxygen atoms in total. The van der Waals surface area contributed by atoms with E-state index in [2.05, 4.69) is 60.2 Å². The highest BCUT2D eigenvalue weighted by Gasteiger charge is 2.18. The van der Waals surface area contributed by atoms with E-state index in [1.165, 1.54) is 5.56 Å². The molecule has 0 radical (unpaired) electrons. The van der Waals surface area contributed by atoms with Crippen LogP contribution >= 0.6 is 0 Å². The zero-order valence-electron chi connectivity index (χ0n) is 24.2. The van der Waals surface area contributed by atoms with Crippen LogP contribution in [0.15, 0.2) is 72.9 Å². The number of anilines is 2. The van der Waals surface area contributed by atoms with Crippen molar-refractivity contribution in [1.82, 2.24) is 9.88 Å². The number of morpholine rings is 1. The number of aromatic nitrogens is 1. The summed E-state index contributed by atoms with van der Waals surface area (Å²) in [4.78, 5) is 6.67. The van der Waals surface area contributed by atoms with Gasteiger partial charge in [-0.1, -0.05) is 32.9 Å². The van der Waals surface area contributed by atoms with Gasteiger partial charge in [0.2, 0.25) is 0 Å². The Kier molecular flexibility index (Phi) is 8.93. The first-order valence-electron chi connectivity index (χ1n) is 14.0. The zero-order chi connectivity index (χ0) is 28.8. The van der Waals surface area contributed by atoms with Crippen LogP contribution in [0.2, 0.25) is 0 Å². The molecule has 1 unspecified atom stereocenters. The summed E-state index contributed by atoms with van der Waals surface area (Å²) in [5.41, 5.74) is 4.14. The number of fused-ring (bicyclic) bond motifs is 1. The average Bonchev–Trinajstić information content (AvgIpc) is 2.97. The van der Waals surface area contributed by atoms with Crippen LogP contribution in [-0.4, -0.2) is 67.7 Å². The normalized spacial score (nSPS) is 15.0. The lowest BCUT2D eigenvalue weighted by molar-refractivity contribution is 0.00447. The van der Waals surface area contributed by atoms with Gasteiger partial charge in [0.05, 0.1) is 25.8 Å². The molecule has 1 aliphatic heterocycles. The fraction of sp³-hybridized carbons (Fsp3) is 0.364. The van der Waals surface area contributed by atoms with Gasteiger partial charge in [0.1, 0.15) is 24.2 Å². The third-order valence-electron chi connectivity index (χ3n) is 7.11. The predicted molar refractivity (Wildman–Crippen MR) is 162 cm³/mol. The number of nitrogens with zero attached hydrogens (tertiary/aromatic N) is 2. The van der Waals surface area contributed by atoms with Crippen molar-refractivity contribution in [3.63, 3.8) is 0 Å². The summed E-state index contributed by atoms with van der Waals surface area (Å²) in [5, 5.41) is 14.8. The fourth-order valence-corrected chi connectivity index (χ4v) is 4.76. The molecule has 0 saturated carbocycles. The molecule has 5 rings (SSSR count). The van der Waals surface area contributed by atoms with E-state index < -0.39 is 6.10 Å². The zero-order valence-corrected chi connectivity index (χ0v) is 24.2. The van der Waals surface area contributed by atoms with Gasteiger partial charge in [0.25, 0.3) is 0 Å². The SMILES string of the molecule is COc1cc2nccc(Oc3ccc(Nc4ccc(C(C)(C)C)cc4)cc3)c2cc1OCC(O)CN1CCOCC1. The van der Waals surface area contributed by atoms with Crippen LogP contribution in [0, 0.1) is 0 Å². The van der Waals surface area contributed by atoms with Gasteiger partial charge in [-0.25, -0.2) is 0 Å². The number of hydrogen-bond donors (Lipinski definition) is 2. The maximum atomic E-state index is 10.6. The summed E-state index contributed by atoms with van der Waals surface area (Å²) in [6.07, 6.45) is 1.07. The van der Waals surface area contributed by atoms with E-state index in [1.54, 1.807) is 13.3 Å². The van der Waals surface area contributed by atoms with Gasteiger partial charge in [-0.15, -0.1) is 0 Å². The molecule has 8 heteroatoms. The van der Waals surface area contributed by atoms with Gasteiger partial charge >= 0.3 is 0 Å². The lowest BCUT2D eigenvalue weighted by atomic mass is 9.87. The Hall–Kier alpha value is -3.85. The molecular weight excluding hydrogens is 518 g/mol. The minimum Gasteiger partial charge on any atom is -0.493 e. The Bertz CT molecular complexity index is 1430. The molecular formula is C33H39N3O5. The molecule has 1 atom stereocenters. The molecule has 216 valence electrons. The Morgan fingerprint density at radius 1 is 0.927 bits per heavy atom. The van der Waals surface area contributed by atoms with Crippen LogP contribution in [0.5, 0.6) is 23.0 Å². The third-order valence-corrected chi connectivity index (χ3v) is 7.11. The highest BCUT2D eigenvalue weighted by atomic mass is 16.5. The molecule has 1 aromatic heterocycles. The number of nitrogens with one attached hydrogen (secondary N) is 1. The summed E-state index contributed by atoms with van der Waals surface area (Å²) in [5.74, 6) is 2.42. The van der Waals surface area contributed by atoms with E-state index >= 15 is 0 Å². The van der Waals surface area contributed by atoms with Crippen molar-refractivity contribution >= 4 is 22.3 Å². The van der Waals surface area contributed by atoms with Gasteiger partial charge in [0, 0.05) is 48.7 Å². The fourth-order valence-electron chi connectivity index (χ4n) is 4.76. The van der Waals surface area contributed by atoms with Crippen molar-refractivity contribution in [3.8, 4) is 23.0 Å². The number of pyridine rings is 1. The first kappa shape index (κ1) is 28.7. The molecule has 0 bridgehead atoms. The second-order valence-corrected chi connectivity index (χ2v) is 11.3. The van der Waals surface area contributed by atoms with Gasteiger partial charge < -0.3 is 29.4 Å². The Morgan fingerprint density at radius 2 is 1.61 bits per heavy atom. The molecule has 1 saturated heterocycles. The largest absolute Gasteiger partial charge is 0.493 e. The molecule has 1 fully saturated rings. The Labute approximate surface area is 241 Å². The van der Waals surface area contributed by atoms with Gasteiger partial charge in [-0.3, -0.25) is 9.88 Å². The van der Waals surface area contributed by atoms with Gasteiger partial charge in [-0.05, 0) is 59.5 Å². The summed E-state index contributed by atoms with van der Waals surface area (Å²) >= 11 is 0. The molecule has 2 heterocycles. The molecule has 0 amide bonds. The van der Waals surface area contributed by atoms with Crippen molar-refractivity contribution in [2.24, 2.45) is 0 Å². The number of aliphatic hydroxyl groups is 1. The van der Waals surface area contributed by atoms with Gasteiger partial charge in [-0.2, -0.15) is 0 Å². The number of rotatable bonds is 10.